The molecule has 0 atom stereocenters. The molecule has 0 spiro atoms. The van der Waals surface area contributed by atoms with Gasteiger partial charge >= 0.3 is 0 Å². The van der Waals surface area contributed by atoms with Gasteiger partial charge in [-0.3, -0.25) is 0 Å². The van der Waals surface area contributed by atoms with Crippen LogP contribution in [-0.2, 0) is 4.74 Å². The second-order valence-electron chi connectivity index (χ2n) is 4.17. The number of rotatable bonds is 6. The average molecular weight is 271 g/mol. The van der Waals surface area contributed by atoms with Crippen LogP contribution in [0.4, 0.5) is 0 Å². The predicted octanol–water partition coefficient (Wildman–Crippen LogP) is 2.20. The number of halogens is 1. The van der Waals surface area contributed by atoms with Crippen LogP contribution in [0.25, 0.3) is 0 Å². The molecule has 5 nitrogen and oxygen atoms in total. The Labute approximate surface area is 110 Å². The molecule has 0 aromatic heterocycles. The van der Waals surface area contributed by atoms with Gasteiger partial charge in [0.1, 0.15) is 5.75 Å². The summed E-state index contributed by atoms with van der Waals surface area (Å²) < 4.78 is 10.8. The second-order valence-corrected chi connectivity index (χ2v) is 4.58. The third kappa shape index (κ3) is 3.27. The van der Waals surface area contributed by atoms with Gasteiger partial charge < -0.3 is 20.4 Å². The van der Waals surface area contributed by atoms with Gasteiger partial charge in [-0.05, 0) is 30.9 Å². The third-order valence-corrected chi connectivity index (χ3v) is 3.00. The first-order chi connectivity index (χ1) is 8.72. The zero-order valence-corrected chi connectivity index (χ0v) is 10.6. The van der Waals surface area contributed by atoms with Crippen LogP contribution < -0.4 is 10.5 Å². The Morgan fingerprint density at radius 1 is 1.50 bits per heavy atom. The second kappa shape index (κ2) is 5.93. The highest BCUT2D eigenvalue weighted by Crippen LogP contribution is 2.29. The fourth-order valence-corrected chi connectivity index (χ4v) is 1.79. The summed E-state index contributed by atoms with van der Waals surface area (Å²) in [5, 5.41) is 12.0. The number of amidine groups is 1. The van der Waals surface area contributed by atoms with Crippen LogP contribution in [0.5, 0.6) is 5.75 Å². The number of hydrogen-bond donors (Lipinski definition) is 2. The van der Waals surface area contributed by atoms with Crippen LogP contribution in [0.1, 0.15) is 18.4 Å². The Hall–Kier alpha value is -1.46. The molecule has 6 heteroatoms. The lowest BCUT2D eigenvalue weighted by molar-refractivity contribution is 0.00987. The number of nitrogens with two attached hydrogens (primary N) is 1. The molecule has 18 heavy (non-hydrogen) atoms. The molecule has 1 aromatic carbocycles. The summed E-state index contributed by atoms with van der Waals surface area (Å²) in [5.74, 6) is 1.03. The summed E-state index contributed by atoms with van der Waals surface area (Å²) >= 11 is 5.98. The molecule has 0 amide bonds. The highest BCUT2D eigenvalue weighted by molar-refractivity contribution is 6.34. The average Bonchev–Trinajstić information content (AvgIpc) is 3.18. The molecule has 1 aliphatic carbocycles. The van der Waals surface area contributed by atoms with Crippen molar-refractivity contribution in [2.24, 2.45) is 16.8 Å². The predicted molar refractivity (Wildman–Crippen MR) is 68.1 cm³/mol. The molecule has 1 saturated carbocycles. The van der Waals surface area contributed by atoms with Crippen molar-refractivity contribution < 1.29 is 14.7 Å². The normalized spacial score (nSPS) is 15.7. The zero-order chi connectivity index (χ0) is 13.0. The van der Waals surface area contributed by atoms with Crippen LogP contribution in [0.3, 0.4) is 0 Å². The Morgan fingerprint density at radius 2 is 2.28 bits per heavy atom. The van der Waals surface area contributed by atoms with E-state index in [-0.39, 0.29) is 12.6 Å². The van der Waals surface area contributed by atoms with Gasteiger partial charge in [-0.2, -0.15) is 0 Å². The summed E-state index contributed by atoms with van der Waals surface area (Å²) in [7, 11) is 0. The molecule has 98 valence electrons. The minimum atomic E-state index is -0.0854. The maximum absolute atomic E-state index is 8.71. The fourth-order valence-electron chi connectivity index (χ4n) is 1.53. The van der Waals surface area contributed by atoms with Crippen molar-refractivity contribution >= 4 is 17.4 Å². The lowest BCUT2D eigenvalue weighted by Gasteiger charge is -2.11. The van der Waals surface area contributed by atoms with Gasteiger partial charge in [0.15, 0.2) is 12.6 Å². The highest BCUT2D eigenvalue weighted by Gasteiger charge is 2.21. The summed E-state index contributed by atoms with van der Waals surface area (Å²) in [6.45, 7) is 0.835. The molecule has 1 fully saturated rings. The van der Waals surface area contributed by atoms with E-state index in [9.17, 15) is 0 Å². The molecule has 3 N–H and O–H groups in total. The Bertz CT molecular complexity index is 447. The number of benzene rings is 1. The largest absolute Gasteiger partial charge is 0.467 e. The summed E-state index contributed by atoms with van der Waals surface area (Å²) in [4.78, 5) is 0. The van der Waals surface area contributed by atoms with E-state index in [1.807, 2.05) is 0 Å². The topological polar surface area (TPSA) is 77.1 Å². The van der Waals surface area contributed by atoms with Gasteiger partial charge in [0.25, 0.3) is 0 Å². The van der Waals surface area contributed by atoms with Crippen molar-refractivity contribution in [2.75, 3.05) is 13.4 Å². The lowest BCUT2D eigenvalue weighted by Crippen LogP contribution is -2.16. The van der Waals surface area contributed by atoms with E-state index in [2.05, 4.69) is 5.16 Å². The molecule has 0 aliphatic heterocycles. The van der Waals surface area contributed by atoms with Gasteiger partial charge in [0.05, 0.1) is 17.2 Å². The summed E-state index contributed by atoms with van der Waals surface area (Å²) in [6.07, 6.45) is 2.46. The maximum Gasteiger partial charge on any atom is 0.189 e. The molecular weight excluding hydrogens is 256 g/mol. The van der Waals surface area contributed by atoms with Gasteiger partial charge in [0, 0.05) is 0 Å². The van der Waals surface area contributed by atoms with Crippen molar-refractivity contribution in [3.63, 3.8) is 0 Å². The monoisotopic (exact) mass is 270 g/mol. The minimum Gasteiger partial charge on any atom is -0.467 e. The smallest absolute Gasteiger partial charge is 0.189 e. The van der Waals surface area contributed by atoms with Gasteiger partial charge in [0.2, 0.25) is 0 Å². The lowest BCUT2D eigenvalue weighted by atomic mass is 10.2. The van der Waals surface area contributed by atoms with Gasteiger partial charge in [-0.1, -0.05) is 22.8 Å². The van der Waals surface area contributed by atoms with Crippen LogP contribution in [-0.4, -0.2) is 24.4 Å². The number of nitrogens with zero attached hydrogens (tertiary/aromatic N) is 1. The summed E-state index contributed by atoms with van der Waals surface area (Å²) in [6, 6.07) is 5.07. The van der Waals surface area contributed by atoms with Crippen LogP contribution in [0, 0.1) is 5.92 Å². The van der Waals surface area contributed by atoms with Crippen LogP contribution in [0.2, 0.25) is 5.02 Å². The number of hydrogen-bond acceptors (Lipinski definition) is 4. The standard InChI is InChI=1S/C12H15ClN2O3/c13-9-2-1-3-10(11(9)12(14)15-16)18-7-17-6-8-4-5-8/h1-3,8,16H,4-7H2,(H2,14,15). The molecule has 0 radical (unpaired) electrons. The van der Waals surface area contributed by atoms with E-state index >= 15 is 0 Å². The van der Waals surface area contributed by atoms with E-state index in [0.717, 1.165) is 0 Å². The quantitative estimate of drug-likeness (QED) is 0.207. The van der Waals surface area contributed by atoms with Crippen molar-refractivity contribution in [3.05, 3.63) is 28.8 Å². The Balaban J connectivity index is 1.99. The first kappa shape index (κ1) is 13.0. The van der Waals surface area contributed by atoms with Crippen molar-refractivity contribution in [3.8, 4) is 5.75 Å². The van der Waals surface area contributed by atoms with Crippen LogP contribution in [0.15, 0.2) is 23.4 Å². The molecule has 2 rings (SSSR count). The molecular formula is C12H15ClN2O3. The number of oxime groups is 1. The molecule has 0 saturated heterocycles. The SMILES string of the molecule is N/C(=N/O)c1c(Cl)cccc1OCOCC1CC1. The molecule has 0 heterocycles. The van der Waals surface area contributed by atoms with Crippen molar-refractivity contribution in [2.45, 2.75) is 12.8 Å². The van der Waals surface area contributed by atoms with Crippen LogP contribution >= 0.6 is 11.6 Å². The molecule has 0 unspecified atom stereocenters. The Morgan fingerprint density at radius 3 is 2.94 bits per heavy atom. The van der Waals surface area contributed by atoms with E-state index in [4.69, 9.17) is 32.0 Å². The van der Waals surface area contributed by atoms with E-state index in [1.54, 1.807) is 18.2 Å². The van der Waals surface area contributed by atoms with E-state index < -0.39 is 0 Å². The Kier molecular flexibility index (Phi) is 4.28. The van der Waals surface area contributed by atoms with Crippen molar-refractivity contribution in [1.82, 2.24) is 0 Å². The number of ether oxygens (including phenoxy) is 2. The highest BCUT2D eigenvalue weighted by atomic mass is 35.5. The van der Waals surface area contributed by atoms with E-state index in [1.165, 1.54) is 12.8 Å². The first-order valence-electron chi connectivity index (χ1n) is 5.69. The fraction of sp³-hybridized carbons (Fsp3) is 0.417. The van der Waals surface area contributed by atoms with Gasteiger partial charge in [-0.25, -0.2) is 0 Å². The molecule has 0 bridgehead atoms. The molecule has 1 aromatic rings. The van der Waals surface area contributed by atoms with Crippen molar-refractivity contribution in [1.29, 1.82) is 0 Å². The third-order valence-electron chi connectivity index (χ3n) is 2.69. The van der Waals surface area contributed by atoms with E-state index in [0.29, 0.717) is 28.9 Å². The first-order valence-corrected chi connectivity index (χ1v) is 6.07. The summed E-state index contributed by atoms with van der Waals surface area (Å²) in [5.41, 5.74) is 5.93. The maximum atomic E-state index is 8.71. The van der Waals surface area contributed by atoms with Gasteiger partial charge in [-0.15, -0.1) is 0 Å². The minimum absolute atomic E-state index is 0.0854. The zero-order valence-electron chi connectivity index (χ0n) is 9.80. The molecule has 1 aliphatic rings.